The van der Waals surface area contributed by atoms with Crippen LogP contribution in [0.1, 0.15) is 0 Å². The summed E-state index contributed by atoms with van der Waals surface area (Å²) >= 11 is 3.44. The standard InChI is InChI=1S/C10H14BrN3O2/c1-15-8-4-14(5-9(8)16-2)10-7(11)3-12-6-13-10/h3,6,8-9H,4-5H2,1-2H3. The van der Waals surface area contributed by atoms with Crippen molar-refractivity contribution >= 4 is 21.7 Å². The minimum atomic E-state index is 0.0897. The first-order chi connectivity index (χ1) is 7.76. The van der Waals surface area contributed by atoms with Gasteiger partial charge in [0, 0.05) is 33.5 Å². The second kappa shape index (κ2) is 5.07. The molecule has 1 saturated heterocycles. The lowest BCUT2D eigenvalue weighted by Gasteiger charge is -2.17. The Balaban J connectivity index is 2.16. The SMILES string of the molecule is COC1CN(c2ncncc2Br)CC1OC. The average molecular weight is 288 g/mol. The first kappa shape index (κ1) is 11.8. The van der Waals surface area contributed by atoms with E-state index >= 15 is 0 Å². The summed E-state index contributed by atoms with van der Waals surface area (Å²) in [5, 5.41) is 0. The molecule has 1 fully saturated rings. The normalized spacial score (nSPS) is 25.1. The lowest BCUT2D eigenvalue weighted by molar-refractivity contribution is -0.00461. The van der Waals surface area contributed by atoms with E-state index in [1.54, 1.807) is 26.7 Å². The Morgan fingerprint density at radius 3 is 2.44 bits per heavy atom. The lowest BCUT2D eigenvalue weighted by Crippen LogP contribution is -2.27. The maximum atomic E-state index is 5.38. The van der Waals surface area contributed by atoms with Gasteiger partial charge in [0.2, 0.25) is 0 Å². The summed E-state index contributed by atoms with van der Waals surface area (Å²) in [4.78, 5) is 10.3. The number of halogens is 1. The van der Waals surface area contributed by atoms with E-state index in [0.29, 0.717) is 0 Å². The van der Waals surface area contributed by atoms with E-state index in [-0.39, 0.29) is 12.2 Å². The Bertz CT molecular complexity index is 352. The smallest absolute Gasteiger partial charge is 0.146 e. The van der Waals surface area contributed by atoms with E-state index < -0.39 is 0 Å². The van der Waals surface area contributed by atoms with Crippen molar-refractivity contribution in [3.63, 3.8) is 0 Å². The highest BCUT2D eigenvalue weighted by Crippen LogP contribution is 2.27. The molecule has 2 unspecified atom stereocenters. The van der Waals surface area contributed by atoms with Gasteiger partial charge >= 0.3 is 0 Å². The molecule has 0 aromatic carbocycles. The Kier molecular flexibility index (Phi) is 3.73. The molecule has 1 aromatic heterocycles. The third-order valence-electron chi connectivity index (χ3n) is 2.77. The van der Waals surface area contributed by atoms with Gasteiger partial charge < -0.3 is 14.4 Å². The Labute approximate surface area is 103 Å². The van der Waals surface area contributed by atoms with Gasteiger partial charge in [-0.2, -0.15) is 0 Å². The van der Waals surface area contributed by atoms with Crippen LogP contribution in [0.4, 0.5) is 5.82 Å². The van der Waals surface area contributed by atoms with Gasteiger partial charge in [0.15, 0.2) is 0 Å². The van der Waals surface area contributed by atoms with Crippen molar-refractivity contribution in [3.05, 3.63) is 17.0 Å². The zero-order valence-corrected chi connectivity index (χ0v) is 10.8. The molecule has 2 rings (SSSR count). The molecule has 1 aromatic rings. The van der Waals surface area contributed by atoms with Crippen molar-refractivity contribution < 1.29 is 9.47 Å². The minimum absolute atomic E-state index is 0.0897. The van der Waals surface area contributed by atoms with Crippen molar-refractivity contribution in [2.75, 3.05) is 32.2 Å². The zero-order valence-electron chi connectivity index (χ0n) is 9.26. The van der Waals surface area contributed by atoms with Crippen molar-refractivity contribution in [1.82, 2.24) is 9.97 Å². The molecule has 5 nitrogen and oxygen atoms in total. The molecular weight excluding hydrogens is 274 g/mol. The van der Waals surface area contributed by atoms with Crippen LogP contribution < -0.4 is 4.90 Å². The molecular formula is C10H14BrN3O2. The van der Waals surface area contributed by atoms with Gasteiger partial charge in [-0.05, 0) is 15.9 Å². The van der Waals surface area contributed by atoms with Crippen LogP contribution in [-0.2, 0) is 9.47 Å². The number of aromatic nitrogens is 2. The van der Waals surface area contributed by atoms with Crippen LogP contribution in [0.15, 0.2) is 17.0 Å². The number of hydrogen-bond donors (Lipinski definition) is 0. The summed E-state index contributed by atoms with van der Waals surface area (Å²) < 4.78 is 11.7. The Hall–Kier alpha value is -0.720. The fourth-order valence-corrected chi connectivity index (χ4v) is 2.38. The highest BCUT2D eigenvalue weighted by Gasteiger charge is 2.34. The summed E-state index contributed by atoms with van der Waals surface area (Å²) in [5.74, 6) is 0.886. The van der Waals surface area contributed by atoms with Crippen molar-refractivity contribution in [2.45, 2.75) is 12.2 Å². The molecule has 16 heavy (non-hydrogen) atoms. The fraction of sp³-hybridized carbons (Fsp3) is 0.600. The summed E-state index contributed by atoms with van der Waals surface area (Å²) in [5.41, 5.74) is 0. The molecule has 1 aliphatic heterocycles. The van der Waals surface area contributed by atoms with Gasteiger partial charge in [-0.3, -0.25) is 0 Å². The first-order valence-corrected chi connectivity index (χ1v) is 5.81. The molecule has 0 spiro atoms. The average Bonchev–Trinajstić information content (AvgIpc) is 2.72. The van der Waals surface area contributed by atoms with Crippen LogP contribution in [0, 0.1) is 0 Å². The molecule has 0 saturated carbocycles. The topological polar surface area (TPSA) is 47.5 Å². The predicted octanol–water partition coefficient (Wildman–Crippen LogP) is 1.09. The third-order valence-corrected chi connectivity index (χ3v) is 3.33. The molecule has 0 radical (unpaired) electrons. The predicted molar refractivity (Wildman–Crippen MR) is 63.5 cm³/mol. The van der Waals surface area contributed by atoms with Gasteiger partial charge in [-0.1, -0.05) is 0 Å². The van der Waals surface area contributed by atoms with E-state index in [1.165, 1.54) is 0 Å². The zero-order chi connectivity index (χ0) is 11.5. The Morgan fingerprint density at radius 1 is 1.31 bits per heavy atom. The first-order valence-electron chi connectivity index (χ1n) is 5.02. The summed E-state index contributed by atoms with van der Waals surface area (Å²) in [7, 11) is 3.41. The molecule has 6 heteroatoms. The minimum Gasteiger partial charge on any atom is -0.377 e. The number of nitrogens with zero attached hydrogens (tertiary/aromatic N) is 3. The molecule has 0 amide bonds. The maximum Gasteiger partial charge on any atom is 0.146 e. The highest BCUT2D eigenvalue weighted by atomic mass is 79.9. The van der Waals surface area contributed by atoms with Crippen molar-refractivity contribution in [1.29, 1.82) is 0 Å². The molecule has 0 bridgehead atoms. The molecule has 88 valence electrons. The van der Waals surface area contributed by atoms with Crippen LogP contribution in [0.5, 0.6) is 0 Å². The van der Waals surface area contributed by atoms with E-state index in [1.807, 2.05) is 0 Å². The summed E-state index contributed by atoms with van der Waals surface area (Å²) in [6.45, 7) is 1.56. The molecule has 0 N–H and O–H groups in total. The maximum absolute atomic E-state index is 5.38. The Morgan fingerprint density at radius 2 is 1.94 bits per heavy atom. The van der Waals surface area contributed by atoms with Gasteiger partial charge in [0.1, 0.15) is 24.4 Å². The fourth-order valence-electron chi connectivity index (χ4n) is 1.91. The summed E-state index contributed by atoms with van der Waals surface area (Å²) in [6.07, 6.45) is 3.46. The van der Waals surface area contributed by atoms with Crippen LogP contribution in [0.2, 0.25) is 0 Å². The van der Waals surface area contributed by atoms with Gasteiger partial charge in [-0.25, -0.2) is 9.97 Å². The number of ether oxygens (including phenoxy) is 2. The van der Waals surface area contributed by atoms with Gasteiger partial charge in [0.05, 0.1) is 4.47 Å². The van der Waals surface area contributed by atoms with Crippen molar-refractivity contribution in [3.8, 4) is 0 Å². The number of rotatable bonds is 3. The second-order valence-corrected chi connectivity index (χ2v) is 4.50. The molecule has 2 heterocycles. The van der Waals surface area contributed by atoms with Gasteiger partial charge in [0.25, 0.3) is 0 Å². The lowest BCUT2D eigenvalue weighted by atomic mass is 10.3. The van der Waals surface area contributed by atoms with Gasteiger partial charge in [-0.15, -0.1) is 0 Å². The number of hydrogen-bond acceptors (Lipinski definition) is 5. The van der Waals surface area contributed by atoms with Crippen LogP contribution in [0.25, 0.3) is 0 Å². The molecule has 2 atom stereocenters. The quantitative estimate of drug-likeness (QED) is 0.833. The molecule has 1 aliphatic rings. The summed E-state index contributed by atoms with van der Waals surface area (Å²) in [6, 6.07) is 0. The number of methoxy groups -OCH3 is 2. The third kappa shape index (κ3) is 2.18. The monoisotopic (exact) mass is 287 g/mol. The van der Waals surface area contributed by atoms with E-state index in [0.717, 1.165) is 23.4 Å². The second-order valence-electron chi connectivity index (χ2n) is 3.65. The van der Waals surface area contributed by atoms with E-state index in [2.05, 4.69) is 30.8 Å². The highest BCUT2D eigenvalue weighted by molar-refractivity contribution is 9.10. The van der Waals surface area contributed by atoms with Crippen LogP contribution in [-0.4, -0.2) is 49.5 Å². The largest absolute Gasteiger partial charge is 0.377 e. The molecule has 0 aliphatic carbocycles. The van der Waals surface area contributed by atoms with E-state index in [9.17, 15) is 0 Å². The van der Waals surface area contributed by atoms with Crippen molar-refractivity contribution in [2.24, 2.45) is 0 Å². The van der Waals surface area contributed by atoms with Crippen LogP contribution >= 0.6 is 15.9 Å². The number of anilines is 1. The van der Waals surface area contributed by atoms with E-state index in [4.69, 9.17) is 9.47 Å². The van der Waals surface area contributed by atoms with Crippen LogP contribution in [0.3, 0.4) is 0 Å².